The lowest BCUT2D eigenvalue weighted by atomic mass is 10.00. The molecule has 174 valence electrons. The van der Waals surface area contributed by atoms with Gasteiger partial charge in [-0.05, 0) is 31.0 Å². The average Bonchev–Trinajstić information content (AvgIpc) is 3.25. The number of pyridine rings is 2. The van der Waals surface area contributed by atoms with Crippen LogP contribution in [0.15, 0.2) is 36.7 Å². The van der Waals surface area contributed by atoms with E-state index < -0.39 is 11.9 Å². The zero-order valence-electron chi connectivity index (χ0n) is 18.3. The number of aromatic nitrogens is 4. The number of hydrogen-bond acceptors (Lipinski definition) is 7. The van der Waals surface area contributed by atoms with E-state index in [2.05, 4.69) is 19.9 Å². The van der Waals surface area contributed by atoms with Gasteiger partial charge in [-0.1, -0.05) is 18.9 Å². The molecule has 0 unspecified atom stereocenters. The van der Waals surface area contributed by atoms with Crippen LogP contribution in [0.25, 0.3) is 11.0 Å². The molecule has 3 aromatic rings. The van der Waals surface area contributed by atoms with E-state index in [1.807, 2.05) is 6.07 Å². The van der Waals surface area contributed by atoms with Gasteiger partial charge in [-0.3, -0.25) is 4.98 Å². The Bertz CT molecular complexity index is 1150. The van der Waals surface area contributed by atoms with Gasteiger partial charge in [0.2, 0.25) is 5.95 Å². The maximum atomic E-state index is 13.5. The third-order valence-corrected chi connectivity index (χ3v) is 6.41. The van der Waals surface area contributed by atoms with Crippen LogP contribution in [0.1, 0.15) is 36.9 Å². The number of ether oxygens (including phenoxy) is 1. The Kier molecular flexibility index (Phi) is 5.55. The molecular weight excluding hydrogens is 433 g/mol. The second kappa shape index (κ2) is 8.40. The van der Waals surface area contributed by atoms with Gasteiger partial charge >= 0.3 is 6.18 Å². The Morgan fingerprint density at radius 1 is 1.09 bits per heavy atom. The molecular formula is C23H25F3N6O. The summed E-state index contributed by atoms with van der Waals surface area (Å²) in [7, 11) is 1.73. The summed E-state index contributed by atoms with van der Waals surface area (Å²) in [6.45, 7) is 1.95. The van der Waals surface area contributed by atoms with Crippen LogP contribution in [-0.2, 0) is 17.5 Å². The van der Waals surface area contributed by atoms with Crippen molar-refractivity contribution in [2.75, 3.05) is 36.5 Å². The second-order valence-electron chi connectivity index (χ2n) is 8.75. The first-order valence-electron chi connectivity index (χ1n) is 11.1. The minimum absolute atomic E-state index is 0.00379. The molecule has 2 aliphatic rings. The Morgan fingerprint density at radius 3 is 2.64 bits per heavy atom. The highest BCUT2D eigenvalue weighted by Gasteiger charge is 2.40. The van der Waals surface area contributed by atoms with E-state index in [1.165, 1.54) is 12.1 Å². The molecule has 5 rings (SSSR count). The Hall–Kier alpha value is -3.01. The minimum atomic E-state index is -4.53. The monoisotopic (exact) mass is 458 g/mol. The molecule has 0 bridgehead atoms. The van der Waals surface area contributed by atoms with E-state index in [1.54, 1.807) is 24.2 Å². The van der Waals surface area contributed by atoms with E-state index in [-0.39, 0.29) is 17.7 Å². The first-order chi connectivity index (χ1) is 15.8. The van der Waals surface area contributed by atoms with Crippen molar-refractivity contribution in [2.24, 2.45) is 0 Å². The van der Waals surface area contributed by atoms with Crippen molar-refractivity contribution in [1.29, 1.82) is 0 Å². The average molecular weight is 458 g/mol. The van der Waals surface area contributed by atoms with Crippen LogP contribution in [0, 0.1) is 0 Å². The molecule has 10 heteroatoms. The van der Waals surface area contributed by atoms with E-state index in [0.29, 0.717) is 42.5 Å². The summed E-state index contributed by atoms with van der Waals surface area (Å²) in [5, 5.41) is 0.685. The van der Waals surface area contributed by atoms with Crippen molar-refractivity contribution in [1.82, 2.24) is 19.9 Å². The highest BCUT2D eigenvalue weighted by Crippen LogP contribution is 2.37. The lowest BCUT2D eigenvalue weighted by Gasteiger charge is -2.40. The van der Waals surface area contributed by atoms with Crippen molar-refractivity contribution in [3.8, 4) is 0 Å². The molecule has 1 spiro atoms. The first kappa shape index (κ1) is 21.8. The predicted octanol–water partition coefficient (Wildman–Crippen LogP) is 4.22. The maximum Gasteiger partial charge on any atom is 0.433 e. The molecule has 7 nitrogen and oxygen atoms in total. The van der Waals surface area contributed by atoms with Crippen LogP contribution < -0.4 is 9.80 Å². The van der Waals surface area contributed by atoms with Crippen molar-refractivity contribution < 1.29 is 17.9 Å². The van der Waals surface area contributed by atoms with Gasteiger partial charge in [0.1, 0.15) is 11.5 Å². The molecule has 0 amide bonds. The number of nitrogens with zero attached hydrogens (tertiary/aromatic N) is 6. The van der Waals surface area contributed by atoms with Crippen LogP contribution in [0.2, 0.25) is 0 Å². The normalized spacial score (nSPS) is 18.2. The van der Waals surface area contributed by atoms with E-state index in [4.69, 9.17) is 9.72 Å². The maximum absolute atomic E-state index is 13.5. The van der Waals surface area contributed by atoms with Crippen LogP contribution in [0.4, 0.5) is 24.9 Å². The van der Waals surface area contributed by atoms with Crippen LogP contribution >= 0.6 is 0 Å². The molecule has 33 heavy (non-hydrogen) atoms. The third kappa shape index (κ3) is 4.31. The summed E-state index contributed by atoms with van der Waals surface area (Å²) >= 11 is 0. The van der Waals surface area contributed by atoms with Crippen molar-refractivity contribution in [2.45, 2.75) is 44.0 Å². The summed E-state index contributed by atoms with van der Waals surface area (Å²) in [6, 6.07) is 6.57. The topological polar surface area (TPSA) is 67.3 Å². The summed E-state index contributed by atoms with van der Waals surface area (Å²) in [5.74, 6) is 1.06. The van der Waals surface area contributed by atoms with Crippen molar-refractivity contribution in [3.05, 3.63) is 47.9 Å². The molecule has 3 aromatic heterocycles. The number of hydrogen-bond donors (Lipinski definition) is 0. The predicted molar refractivity (Wildman–Crippen MR) is 118 cm³/mol. The number of fused-ring (bicyclic) bond motifs is 1. The van der Waals surface area contributed by atoms with Gasteiger partial charge < -0.3 is 14.5 Å². The number of alkyl halides is 3. The zero-order valence-corrected chi connectivity index (χ0v) is 18.3. The second-order valence-corrected chi connectivity index (χ2v) is 8.75. The van der Waals surface area contributed by atoms with Gasteiger partial charge in [-0.2, -0.15) is 23.1 Å². The fourth-order valence-electron chi connectivity index (χ4n) is 4.86. The fraction of sp³-hybridized carbons (Fsp3) is 0.478. The summed E-state index contributed by atoms with van der Waals surface area (Å²) in [4.78, 5) is 21.3. The van der Waals surface area contributed by atoms with Crippen LogP contribution in [0.3, 0.4) is 0 Å². The number of morpholine rings is 1. The van der Waals surface area contributed by atoms with Gasteiger partial charge in [0.25, 0.3) is 0 Å². The van der Waals surface area contributed by atoms with E-state index in [9.17, 15) is 13.2 Å². The molecule has 1 aliphatic heterocycles. The molecule has 1 saturated heterocycles. The SMILES string of the molecule is CN(Cc1cccnc1C(F)(F)F)c1nc(N2CCOC3(CCCC3)C2)nc2ncccc12. The molecule has 1 aliphatic carbocycles. The van der Waals surface area contributed by atoms with Crippen LogP contribution in [-0.4, -0.2) is 52.3 Å². The Morgan fingerprint density at radius 2 is 1.85 bits per heavy atom. The molecule has 0 aromatic carbocycles. The van der Waals surface area contributed by atoms with Gasteiger partial charge in [0.05, 0.1) is 17.6 Å². The number of anilines is 2. The van der Waals surface area contributed by atoms with Gasteiger partial charge in [0.15, 0.2) is 5.65 Å². The van der Waals surface area contributed by atoms with Gasteiger partial charge in [-0.25, -0.2) is 4.98 Å². The highest BCUT2D eigenvalue weighted by molar-refractivity contribution is 5.87. The Labute approximate surface area is 189 Å². The molecule has 1 saturated carbocycles. The standard InChI is InChI=1S/C23H25F3N6O/c1-31(14-16-6-4-10-27-18(16)23(24,25)26)20-17-7-5-11-28-19(17)29-21(30-20)32-12-13-33-22(15-32)8-2-3-9-22/h4-7,10-11H,2-3,8-9,12-15H2,1H3. The first-order valence-corrected chi connectivity index (χ1v) is 11.1. The molecule has 0 atom stereocenters. The van der Waals surface area contributed by atoms with Crippen molar-refractivity contribution in [3.63, 3.8) is 0 Å². The number of rotatable bonds is 4. The van der Waals surface area contributed by atoms with Gasteiger partial charge in [0, 0.05) is 44.6 Å². The van der Waals surface area contributed by atoms with Gasteiger partial charge in [-0.15, -0.1) is 0 Å². The van der Waals surface area contributed by atoms with E-state index >= 15 is 0 Å². The zero-order chi connectivity index (χ0) is 23.1. The minimum Gasteiger partial charge on any atom is -0.371 e. The number of halogens is 3. The van der Waals surface area contributed by atoms with Crippen molar-refractivity contribution >= 4 is 22.8 Å². The third-order valence-electron chi connectivity index (χ3n) is 6.41. The molecule has 0 radical (unpaired) electrons. The largest absolute Gasteiger partial charge is 0.433 e. The summed E-state index contributed by atoms with van der Waals surface area (Å²) in [5.41, 5.74) is -0.450. The fourth-order valence-corrected chi connectivity index (χ4v) is 4.86. The molecule has 2 fully saturated rings. The molecule has 4 heterocycles. The quantitative estimate of drug-likeness (QED) is 0.580. The lowest BCUT2D eigenvalue weighted by molar-refractivity contribution is -0.141. The smallest absolute Gasteiger partial charge is 0.371 e. The van der Waals surface area contributed by atoms with Crippen LogP contribution in [0.5, 0.6) is 0 Å². The molecule has 0 N–H and O–H groups in total. The highest BCUT2D eigenvalue weighted by atomic mass is 19.4. The van der Waals surface area contributed by atoms with E-state index in [0.717, 1.165) is 31.9 Å². The summed E-state index contributed by atoms with van der Waals surface area (Å²) in [6.07, 6.45) is 2.62. The lowest BCUT2D eigenvalue weighted by Crippen LogP contribution is -2.51. The summed E-state index contributed by atoms with van der Waals surface area (Å²) < 4.78 is 46.5. The Balaban J connectivity index is 1.51.